The van der Waals surface area contributed by atoms with Gasteiger partial charge in [0.2, 0.25) is 5.95 Å². The second-order valence-electron chi connectivity index (χ2n) is 5.50. The van der Waals surface area contributed by atoms with Crippen LogP contribution in [0.25, 0.3) is 11.0 Å². The molecule has 4 rings (SSSR count). The molecule has 0 radical (unpaired) electrons. The number of aromatic nitrogens is 3. The van der Waals surface area contributed by atoms with Crippen molar-refractivity contribution in [3.8, 4) is 0 Å². The maximum Gasteiger partial charge on any atom is 0.338 e. The van der Waals surface area contributed by atoms with Gasteiger partial charge >= 0.3 is 5.97 Å². The van der Waals surface area contributed by atoms with Crippen LogP contribution in [0, 0.1) is 0 Å². The minimum atomic E-state index is -0.477. The van der Waals surface area contributed by atoms with Crippen LogP contribution in [0.1, 0.15) is 25.6 Å². The molecule has 0 saturated heterocycles. The molecule has 1 aliphatic rings. The number of imidazole rings is 1. The Kier molecular flexibility index (Phi) is 3.34. The quantitative estimate of drug-likeness (QED) is 0.746. The highest BCUT2D eigenvalue weighted by molar-refractivity contribution is 5.93. The first kappa shape index (κ1) is 14.5. The Bertz CT molecular complexity index is 940. The van der Waals surface area contributed by atoms with Crippen molar-refractivity contribution < 1.29 is 14.1 Å². The summed E-state index contributed by atoms with van der Waals surface area (Å²) in [7, 11) is 0. The number of esters is 1. The molecule has 0 fully saturated rings. The second kappa shape index (κ2) is 5.52. The van der Waals surface area contributed by atoms with Gasteiger partial charge in [-0.1, -0.05) is 17.3 Å². The molecule has 0 saturated carbocycles. The third kappa shape index (κ3) is 2.09. The Hall–Kier alpha value is -3.09. The number of carbonyl (C=O) groups is 1. The van der Waals surface area contributed by atoms with Gasteiger partial charge in [0.1, 0.15) is 6.04 Å². The first-order valence-electron chi connectivity index (χ1n) is 7.73. The SMILES string of the molecule is CCOC(=O)C1=C(C)Nc2nc3ccccc3n2C1c1ccno1. The maximum absolute atomic E-state index is 12.6. The Labute approximate surface area is 137 Å². The molecule has 1 aliphatic heterocycles. The van der Waals surface area contributed by atoms with Crippen LogP contribution >= 0.6 is 0 Å². The highest BCUT2D eigenvalue weighted by atomic mass is 16.5. The minimum absolute atomic E-state index is 0.302. The van der Waals surface area contributed by atoms with E-state index in [4.69, 9.17) is 9.26 Å². The molecule has 1 atom stereocenters. The number of hydrogen-bond donors (Lipinski definition) is 1. The van der Waals surface area contributed by atoms with E-state index in [1.807, 2.05) is 35.8 Å². The first-order valence-corrected chi connectivity index (χ1v) is 7.73. The lowest BCUT2D eigenvalue weighted by Gasteiger charge is -2.28. The fourth-order valence-corrected chi connectivity index (χ4v) is 3.07. The van der Waals surface area contributed by atoms with Gasteiger partial charge in [-0.15, -0.1) is 0 Å². The Morgan fingerprint density at radius 2 is 2.21 bits per heavy atom. The molecular weight excluding hydrogens is 308 g/mol. The number of rotatable bonds is 3. The van der Waals surface area contributed by atoms with Crippen molar-refractivity contribution in [2.24, 2.45) is 0 Å². The molecule has 0 spiro atoms. The predicted molar refractivity (Wildman–Crippen MR) is 87.3 cm³/mol. The smallest absolute Gasteiger partial charge is 0.338 e. The van der Waals surface area contributed by atoms with Crippen LogP contribution in [0.15, 0.2) is 52.3 Å². The van der Waals surface area contributed by atoms with E-state index < -0.39 is 6.04 Å². The monoisotopic (exact) mass is 324 g/mol. The molecule has 3 aromatic rings. The van der Waals surface area contributed by atoms with Crippen LogP contribution in [0.4, 0.5) is 5.95 Å². The Morgan fingerprint density at radius 1 is 1.38 bits per heavy atom. The molecule has 24 heavy (non-hydrogen) atoms. The number of carbonyl (C=O) groups excluding carboxylic acids is 1. The van der Waals surface area contributed by atoms with Gasteiger partial charge in [-0.05, 0) is 26.0 Å². The van der Waals surface area contributed by atoms with Gasteiger partial charge in [-0.2, -0.15) is 0 Å². The van der Waals surface area contributed by atoms with E-state index in [1.54, 1.807) is 19.2 Å². The first-order chi connectivity index (χ1) is 11.7. The molecule has 1 N–H and O–H groups in total. The molecule has 2 aromatic heterocycles. The van der Waals surface area contributed by atoms with Crippen molar-refractivity contribution in [3.05, 3.63) is 53.6 Å². The van der Waals surface area contributed by atoms with Gasteiger partial charge in [0.05, 0.1) is 29.4 Å². The summed E-state index contributed by atoms with van der Waals surface area (Å²) in [5.41, 5.74) is 2.92. The van der Waals surface area contributed by atoms with Gasteiger partial charge in [0.15, 0.2) is 5.76 Å². The zero-order chi connectivity index (χ0) is 16.7. The lowest BCUT2D eigenvalue weighted by atomic mass is 10.0. The molecular formula is C17H16N4O3. The van der Waals surface area contributed by atoms with Crippen molar-refractivity contribution in [2.45, 2.75) is 19.9 Å². The predicted octanol–water partition coefficient (Wildman–Crippen LogP) is 2.88. The van der Waals surface area contributed by atoms with E-state index in [-0.39, 0.29) is 5.97 Å². The zero-order valence-electron chi connectivity index (χ0n) is 13.3. The van der Waals surface area contributed by atoms with E-state index in [0.29, 0.717) is 29.6 Å². The summed E-state index contributed by atoms with van der Waals surface area (Å²) in [5, 5.41) is 6.99. The van der Waals surface area contributed by atoms with E-state index >= 15 is 0 Å². The highest BCUT2D eigenvalue weighted by Gasteiger charge is 2.36. The van der Waals surface area contributed by atoms with E-state index in [0.717, 1.165) is 11.0 Å². The normalized spacial score (nSPS) is 16.8. The number of nitrogens with zero attached hydrogens (tertiary/aromatic N) is 3. The molecule has 122 valence electrons. The summed E-state index contributed by atoms with van der Waals surface area (Å²) in [6, 6.07) is 9.03. The van der Waals surface area contributed by atoms with Crippen molar-refractivity contribution in [1.29, 1.82) is 0 Å². The average Bonchev–Trinajstić information content (AvgIpc) is 3.21. The summed E-state index contributed by atoms with van der Waals surface area (Å²) < 4.78 is 12.6. The largest absolute Gasteiger partial charge is 0.463 e. The minimum Gasteiger partial charge on any atom is -0.463 e. The maximum atomic E-state index is 12.6. The number of nitrogens with one attached hydrogen (secondary N) is 1. The van der Waals surface area contributed by atoms with Gasteiger partial charge in [-0.3, -0.25) is 4.57 Å². The van der Waals surface area contributed by atoms with Crippen LogP contribution in [0.3, 0.4) is 0 Å². The second-order valence-corrected chi connectivity index (χ2v) is 5.50. The van der Waals surface area contributed by atoms with Crippen molar-refractivity contribution in [3.63, 3.8) is 0 Å². The number of ether oxygens (including phenoxy) is 1. The molecule has 0 aliphatic carbocycles. The summed E-state index contributed by atoms with van der Waals surface area (Å²) in [5.74, 6) is 0.832. The molecule has 0 bridgehead atoms. The topological polar surface area (TPSA) is 82.2 Å². The summed E-state index contributed by atoms with van der Waals surface area (Å²) in [6.45, 7) is 3.92. The van der Waals surface area contributed by atoms with Crippen LogP contribution in [0.2, 0.25) is 0 Å². The Balaban J connectivity index is 1.97. The third-order valence-electron chi connectivity index (χ3n) is 4.05. The number of allylic oxidation sites excluding steroid dienone is 1. The van der Waals surface area contributed by atoms with Gasteiger partial charge in [0.25, 0.3) is 0 Å². The van der Waals surface area contributed by atoms with E-state index in [1.165, 1.54) is 0 Å². The fraction of sp³-hybridized carbons (Fsp3) is 0.235. The molecule has 1 aromatic carbocycles. The third-order valence-corrected chi connectivity index (χ3v) is 4.05. The van der Waals surface area contributed by atoms with E-state index in [2.05, 4.69) is 15.5 Å². The van der Waals surface area contributed by atoms with Gasteiger partial charge < -0.3 is 14.6 Å². The lowest BCUT2D eigenvalue weighted by Crippen LogP contribution is -2.28. The van der Waals surface area contributed by atoms with Crippen LogP contribution in [0.5, 0.6) is 0 Å². The summed E-state index contributed by atoms with van der Waals surface area (Å²) >= 11 is 0. The number of benzene rings is 1. The van der Waals surface area contributed by atoms with Crippen LogP contribution in [-0.2, 0) is 9.53 Å². The van der Waals surface area contributed by atoms with Gasteiger partial charge in [-0.25, -0.2) is 9.78 Å². The molecule has 1 unspecified atom stereocenters. The van der Waals surface area contributed by atoms with Crippen molar-refractivity contribution in [2.75, 3.05) is 11.9 Å². The zero-order valence-corrected chi connectivity index (χ0v) is 13.3. The molecule has 3 heterocycles. The van der Waals surface area contributed by atoms with Crippen molar-refractivity contribution >= 4 is 23.0 Å². The van der Waals surface area contributed by atoms with E-state index in [9.17, 15) is 4.79 Å². The summed E-state index contributed by atoms with van der Waals surface area (Å²) in [4.78, 5) is 17.2. The molecule has 7 heteroatoms. The number of fused-ring (bicyclic) bond motifs is 3. The standard InChI is InChI=1S/C17H16N4O3/c1-3-23-16(22)14-10(2)19-17-20-11-6-4-5-7-12(11)21(17)15(14)13-8-9-18-24-13/h4-9,15H,3H2,1-2H3,(H,19,20). The molecule has 7 nitrogen and oxygen atoms in total. The number of anilines is 1. The Morgan fingerprint density at radius 3 is 2.96 bits per heavy atom. The average molecular weight is 324 g/mol. The van der Waals surface area contributed by atoms with Crippen LogP contribution in [-0.4, -0.2) is 27.3 Å². The van der Waals surface area contributed by atoms with Crippen LogP contribution < -0.4 is 5.32 Å². The molecule has 0 amide bonds. The number of hydrogen-bond acceptors (Lipinski definition) is 6. The highest BCUT2D eigenvalue weighted by Crippen LogP contribution is 2.39. The lowest BCUT2D eigenvalue weighted by molar-refractivity contribution is -0.139. The van der Waals surface area contributed by atoms with Gasteiger partial charge in [0, 0.05) is 11.8 Å². The van der Waals surface area contributed by atoms with Crippen molar-refractivity contribution in [1.82, 2.24) is 14.7 Å². The summed E-state index contributed by atoms with van der Waals surface area (Å²) in [6.07, 6.45) is 1.56. The fourth-order valence-electron chi connectivity index (χ4n) is 3.07. The number of para-hydroxylation sites is 2.